The molecule has 1 atom stereocenters. The summed E-state index contributed by atoms with van der Waals surface area (Å²) < 4.78 is 16.8. The quantitative estimate of drug-likeness (QED) is 0.221. The summed E-state index contributed by atoms with van der Waals surface area (Å²) in [5.41, 5.74) is 0. The minimum Gasteiger partial charge on any atom is -0.491 e. The predicted molar refractivity (Wildman–Crippen MR) is 133 cm³/mol. The highest BCUT2D eigenvalue weighted by molar-refractivity contribution is 14.0. The Balaban J connectivity index is 0.00000320. The van der Waals surface area contributed by atoms with Crippen molar-refractivity contribution in [2.24, 2.45) is 10.9 Å². The van der Waals surface area contributed by atoms with Gasteiger partial charge in [-0.05, 0) is 24.8 Å². The number of nitrogens with one attached hydrogen (secondary N) is 1. The van der Waals surface area contributed by atoms with E-state index in [0.29, 0.717) is 32.3 Å². The molecule has 2 aromatic rings. The van der Waals surface area contributed by atoms with Crippen LogP contribution < -0.4 is 10.1 Å². The van der Waals surface area contributed by atoms with Crippen molar-refractivity contribution in [3.05, 3.63) is 42.5 Å². The summed E-state index contributed by atoms with van der Waals surface area (Å²) in [6.45, 7) is 8.21. The average Bonchev–Trinajstić information content (AvgIpc) is 3.22. The Morgan fingerprint density at radius 2 is 1.97 bits per heavy atom. The molecule has 1 aliphatic heterocycles. The number of rotatable bonds is 10. The van der Waals surface area contributed by atoms with Crippen LogP contribution in [0.3, 0.4) is 0 Å². The topological polar surface area (TPSA) is 55.3 Å². The van der Waals surface area contributed by atoms with Crippen LogP contribution in [0.1, 0.15) is 13.3 Å². The first-order valence-electron chi connectivity index (χ1n) is 10.5. The van der Waals surface area contributed by atoms with Crippen molar-refractivity contribution >= 4 is 40.7 Å². The lowest BCUT2D eigenvalue weighted by Crippen LogP contribution is -2.40. The Bertz CT molecular complexity index is 782. The second-order valence-corrected chi connectivity index (χ2v) is 7.23. The fraction of sp³-hybridized carbons (Fsp3) is 0.522. The fourth-order valence-corrected chi connectivity index (χ4v) is 3.61. The normalized spacial score (nSPS) is 16.5. The number of aliphatic imine (C=N–C) groups is 1. The van der Waals surface area contributed by atoms with Crippen LogP contribution in [0.25, 0.3) is 10.8 Å². The van der Waals surface area contributed by atoms with Gasteiger partial charge in [0, 0.05) is 38.0 Å². The third kappa shape index (κ3) is 7.28. The number of nitrogens with zero attached hydrogens (tertiary/aromatic N) is 2. The molecule has 0 spiro atoms. The van der Waals surface area contributed by atoms with Gasteiger partial charge >= 0.3 is 0 Å². The van der Waals surface area contributed by atoms with Crippen molar-refractivity contribution in [3.63, 3.8) is 0 Å². The largest absolute Gasteiger partial charge is 0.491 e. The number of benzene rings is 2. The van der Waals surface area contributed by atoms with E-state index < -0.39 is 0 Å². The molecule has 2 aromatic carbocycles. The number of halogens is 1. The Morgan fingerprint density at radius 1 is 1.13 bits per heavy atom. The number of likely N-dealkylation sites (tertiary alicyclic amines) is 1. The van der Waals surface area contributed by atoms with Gasteiger partial charge in [0.15, 0.2) is 5.96 Å². The first-order chi connectivity index (χ1) is 14.3. The second kappa shape index (κ2) is 13.7. The number of guanidine groups is 1. The van der Waals surface area contributed by atoms with Crippen LogP contribution in [0.2, 0.25) is 0 Å². The molecule has 0 saturated carbocycles. The van der Waals surface area contributed by atoms with E-state index in [1.54, 1.807) is 7.11 Å². The van der Waals surface area contributed by atoms with Crippen molar-refractivity contribution in [2.75, 3.05) is 59.7 Å². The van der Waals surface area contributed by atoms with Crippen LogP contribution in [0.15, 0.2) is 47.5 Å². The third-order valence-corrected chi connectivity index (χ3v) is 5.07. The second-order valence-electron chi connectivity index (χ2n) is 7.23. The van der Waals surface area contributed by atoms with Gasteiger partial charge in [-0.1, -0.05) is 36.4 Å². The van der Waals surface area contributed by atoms with E-state index in [2.05, 4.69) is 35.3 Å². The van der Waals surface area contributed by atoms with E-state index in [-0.39, 0.29) is 24.0 Å². The summed E-state index contributed by atoms with van der Waals surface area (Å²) in [6, 6.07) is 14.4. The molecule has 1 fully saturated rings. The molecule has 3 rings (SSSR count). The summed E-state index contributed by atoms with van der Waals surface area (Å²) in [4.78, 5) is 7.11. The van der Waals surface area contributed by atoms with Gasteiger partial charge in [0.1, 0.15) is 12.4 Å². The molecule has 0 amide bonds. The molecule has 1 saturated heterocycles. The van der Waals surface area contributed by atoms with Gasteiger partial charge in [-0.15, -0.1) is 24.0 Å². The summed E-state index contributed by atoms with van der Waals surface area (Å²) in [7, 11) is 1.70. The Kier molecular flexibility index (Phi) is 11.2. The molecule has 1 heterocycles. The smallest absolute Gasteiger partial charge is 0.194 e. The van der Waals surface area contributed by atoms with Crippen LogP contribution >= 0.6 is 24.0 Å². The van der Waals surface area contributed by atoms with Crippen molar-refractivity contribution in [2.45, 2.75) is 13.3 Å². The van der Waals surface area contributed by atoms with Crippen molar-refractivity contribution in [1.29, 1.82) is 0 Å². The molecule has 1 aliphatic rings. The summed E-state index contributed by atoms with van der Waals surface area (Å²) in [5.74, 6) is 2.42. The van der Waals surface area contributed by atoms with E-state index >= 15 is 0 Å². The van der Waals surface area contributed by atoms with Crippen LogP contribution in [0, 0.1) is 5.92 Å². The minimum atomic E-state index is 0. The first kappa shape index (κ1) is 24.7. The van der Waals surface area contributed by atoms with Gasteiger partial charge in [0.25, 0.3) is 0 Å². The number of methoxy groups -OCH3 is 1. The number of hydrogen-bond donors (Lipinski definition) is 1. The molecular formula is C23H34IN3O3. The fourth-order valence-electron chi connectivity index (χ4n) is 3.61. The number of ether oxygens (including phenoxy) is 3. The zero-order valence-corrected chi connectivity index (χ0v) is 20.3. The maximum atomic E-state index is 6.02. The van der Waals surface area contributed by atoms with Gasteiger partial charge in [-0.25, -0.2) is 4.99 Å². The van der Waals surface area contributed by atoms with E-state index in [0.717, 1.165) is 49.8 Å². The molecule has 1 unspecified atom stereocenters. The molecule has 166 valence electrons. The first-order valence-corrected chi connectivity index (χ1v) is 10.5. The van der Waals surface area contributed by atoms with Crippen LogP contribution in [0.5, 0.6) is 5.75 Å². The highest BCUT2D eigenvalue weighted by atomic mass is 127. The lowest BCUT2D eigenvalue weighted by molar-refractivity contribution is 0.0536. The van der Waals surface area contributed by atoms with Crippen molar-refractivity contribution < 1.29 is 14.2 Å². The summed E-state index contributed by atoms with van der Waals surface area (Å²) >= 11 is 0. The van der Waals surface area contributed by atoms with Gasteiger partial charge in [0.2, 0.25) is 0 Å². The van der Waals surface area contributed by atoms with E-state index in [4.69, 9.17) is 19.2 Å². The summed E-state index contributed by atoms with van der Waals surface area (Å²) in [6.07, 6.45) is 1.13. The lowest BCUT2D eigenvalue weighted by atomic mass is 10.1. The van der Waals surface area contributed by atoms with Crippen LogP contribution in [-0.2, 0) is 9.47 Å². The maximum Gasteiger partial charge on any atom is 0.194 e. The summed E-state index contributed by atoms with van der Waals surface area (Å²) in [5, 5.41) is 5.74. The molecular weight excluding hydrogens is 493 g/mol. The third-order valence-electron chi connectivity index (χ3n) is 5.07. The molecule has 0 aliphatic carbocycles. The molecule has 1 N–H and O–H groups in total. The van der Waals surface area contributed by atoms with Crippen LogP contribution in [-0.4, -0.2) is 70.6 Å². The minimum absolute atomic E-state index is 0. The standard InChI is InChI=1S/C23H33N3O3.HI/c1-3-24-23(26-13-11-19(17-26)18-28-16-15-27-2)25-12-14-29-22-10-6-8-20-7-4-5-9-21(20)22;/h4-10,19H,3,11-18H2,1-2H3,(H,24,25);1H. The highest BCUT2D eigenvalue weighted by Crippen LogP contribution is 2.25. The van der Waals surface area contributed by atoms with Gasteiger partial charge in [-0.3, -0.25) is 0 Å². The monoisotopic (exact) mass is 527 g/mol. The Labute approximate surface area is 197 Å². The number of fused-ring (bicyclic) bond motifs is 1. The van der Waals surface area contributed by atoms with Gasteiger partial charge in [0.05, 0.1) is 26.4 Å². The SMILES string of the molecule is CCNC(=NCCOc1cccc2ccccc12)N1CCC(COCCOC)C1.I. The predicted octanol–water partition coefficient (Wildman–Crippen LogP) is 3.79. The highest BCUT2D eigenvalue weighted by Gasteiger charge is 2.24. The lowest BCUT2D eigenvalue weighted by Gasteiger charge is -2.21. The zero-order chi connectivity index (χ0) is 20.3. The van der Waals surface area contributed by atoms with Crippen LogP contribution in [0.4, 0.5) is 0 Å². The molecule has 7 heteroatoms. The van der Waals surface area contributed by atoms with Gasteiger partial charge in [-0.2, -0.15) is 0 Å². The van der Waals surface area contributed by atoms with Crippen molar-refractivity contribution in [1.82, 2.24) is 10.2 Å². The average molecular weight is 527 g/mol. The van der Waals surface area contributed by atoms with Crippen molar-refractivity contribution in [3.8, 4) is 5.75 Å². The molecule has 30 heavy (non-hydrogen) atoms. The Morgan fingerprint density at radius 3 is 2.80 bits per heavy atom. The molecule has 6 nitrogen and oxygen atoms in total. The maximum absolute atomic E-state index is 6.02. The Hall–Kier alpha value is -1.58. The zero-order valence-electron chi connectivity index (χ0n) is 18.0. The van der Waals surface area contributed by atoms with Gasteiger partial charge < -0.3 is 24.4 Å². The molecule has 0 radical (unpaired) electrons. The van der Waals surface area contributed by atoms with E-state index in [9.17, 15) is 0 Å². The van der Waals surface area contributed by atoms with E-state index in [1.165, 1.54) is 5.39 Å². The van der Waals surface area contributed by atoms with E-state index in [1.807, 2.05) is 24.3 Å². The molecule has 0 aromatic heterocycles. The molecule has 0 bridgehead atoms. The number of hydrogen-bond acceptors (Lipinski definition) is 4.